The number of hydrogen-bond donors (Lipinski definition) is 2. The first-order valence-corrected chi connectivity index (χ1v) is 7.97. The van der Waals surface area contributed by atoms with Crippen molar-refractivity contribution in [2.24, 2.45) is 17.8 Å². The molecule has 2 heterocycles. The van der Waals surface area contributed by atoms with Gasteiger partial charge in [0.15, 0.2) is 5.96 Å². The summed E-state index contributed by atoms with van der Waals surface area (Å²) in [5, 5.41) is 7.42. The fourth-order valence-corrected chi connectivity index (χ4v) is 2.55. The summed E-state index contributed by atoms with van der Waals surface area (Å²) in [6, 6.07) is 0.236. The third kappa shape index (κ3) is 5.53. The molecule has 0 saturated carbocycles. The fourth-order valence-electron chi connectivity index (χ4n) is 2.55. The van der Waals surface area contributed by atoms with Crippen molar-refractivity contribution >= 4 is 36.0 Å². The van der Waals surface area contributed by atoms with Crippen LogP contribution in [-0.2, 0) is 18.3 Å². The minimum atomic E-state index is -0.236. The van der Waals surface area contributed by atoms with Gasteiger partial charge in [-0.1, -0.05) is 0 Å². The number of hydrogen-bond acceptors (Lipinski definition) is 4. The second kappa shape index (κ2) is 9.70. The van der Waals surface area contributed by atoms with Crippen LogP contribution in [0.2, 0.25) is 0 Å². The van der Waals surface area contributed by atoms with E-state index in [0.29, 0.717) is 32.2 Å². The van der Waals surface area contributed by atoms with E-state index in [4.69, 9.17) is 10.5 Å². The van der Waals surface area contributed by atoms with E-state index >= 15 is 0 Å². The number of aliphatic imine (C=N–C) groups is 1. The first kappa shape index (κ1) is 20.5. The van der Waals surface area contributed by atoms with Gasteiger partial charge in [-0.3, -0.25) is 4.68 Å². The number of halogens is 1. The number of amides is 1. The van der Waals surface area contributed by atoms with Crippen LogP contribution in [-0.4, -0.2) is 52.5 Å². The Morgan fingerprint density at radius 3 is 2.71 bits per heavy atom. The predicted octanol–water partition coefficient (Wildman–Crippen LogP) is 1.37. The lowest BCUT2D eigenvalue weighted by Crippen LogP contribution is -2.48. The molecular formula is C15H27IN6O2. The van der Waals surface area contributed by atoms with Crippen LogP contribution in [0.15, 0.2) is 11.2 Å². The van der Waals surface area contributed by atoms with Crippen LogP contribution >= 0.6 is 24.0 Å². The van der Waals surface area contributed by atoms with Crippen molar-refractivity contribution in [2.45, 2.75) is 39.3 Å². The molecule has 1 saturated heterocycles. The second-order valence-corrected chi connectivity index (χ2v) is 5.68. The molecule has 1 aliphatic heterocycles. The summed E-state index contributed by atoms with van der Waals surface area (Å²) in [6.07, 6.45) is 3.24. The maximum absolute atomic E-state index is 11.6. The van der Waals surface area contributed by atoms with Gasteiger partial charge in [0, 0.05) is 37.4 Å². The summed E-state index contributed by atoms with van der Waals surface area (Å²) < 4.78 is 6.83. The van der Waals surface area contributed by atoms with Crippen LogP contribution < -0.4 is 11.1 Å². The SMILES string of the molecule is CCOC(=O)N1CCC(NC(N)=NCc2cnn(C)c2C)CC1.I. The Labute approximate surface area is 159 Å². The summed E-state index contributed by atoms with van der Waals surface area (Å²) in [5.41, 5.74) is 8.11. The minimum Gasteiger partial charge on any atom is -0.450 e. The van der Waals surface area contributed by atoms with Gasteiger partial charge in [0.2, 0.25) is 0 Å². The highest BCUT2D eigenvalue weighted by Gasteiger charge is 2.23. The molecule has 1 aromatic rings. The number of nitrogens with two attached hydrogens (primary N) is 1. The van der Waals surface area contributed by atoms with Crippen molar-refractivity contribution in [1.29, 1.82) is 0 Å². The van der Waals surface area contributed by atoms with E-state index in [0.717, 1.165) is 24.1 Å². The molecule has 24 heavy (non-hydrogen) atoms. The Hall–Kier alpha value is -1.52. The first-order valence-electron chi connectivity index (χ1n) is 7.97. The number of carbonyl (C=O) groups excluding carboxylic acids is 1. The molecule has 0 bridgehead atoms. The molecule has 2 rings (SSSR count). The number of ether oxygens (including phenoxy) is 1. The number of carbonyl (C=O) groups is 1. The van der Waals surface area contributed by atoms with E-state index in [1.54, 1.807) is 4.90 Å². The second-order valence-electron chi connectivity index (χ2n) is 5.68. The molecule has 0 radical (unpaired) electrons. The fraction of sp³-hybridized carbons (Fsp3) is 0.667. The number of guanidine groups is 1. The molecule has 8 nitrogen and oxygen atoms in total. The van der Waals surface area contributed by atoms with Gasteiger partial charge in [-0.15, -0.1) is 24.0 Å². The monoisotopic (exact) mass is 450 g/mol. The molecule has 3 N–H and O–H groups in total. The van der Waals surface area contributed by atoms with Crippen LogP contribution in [0.25, 0.3) is 0 Å². The molecule has 0 aromatic carbocycles. The third-order valence-electron chi connectivity index (χ3n) is 4.13. The van der Waals surface area contributed by atoms with Crippen LogP contribution in [0.4, 0.5) is 4.79 Å². The molecule has 0 spiro atoms. The zero-order valence-corrected chi connectivity index (χ0v) is 16.8. The number of piperidine rings is 1. The van der Waals surface area contributed by atoms with Crippen molar-refractivity contribution in [3.05, 3.63) is 17.5 Å². The highest BCUT2D eigenvalue weighted by Crippen LogP contribution is 2.11. The van der Waals surface area contributed by atoms with E-state index in [1.165, 1.54) is 0 Å². The molecule has 1 fully saturated rings. The summed E-state index contributed by atoms with van der Waals surface area (Å²) in [7, 11) is 1.90. The van der Waals surface area contributed by atoms with Crippen molar-refractivity contribution in [3.8, 4) is 0 Å². The average molecular weight is 450 g/mol. The number of nitrogens with zero attached hydrogens (tertiary/aromatic N) is 4. The summed E-state index contributed by atoms with van der Waals surface area (Å²) in [6.45, 7) is 6.08. The molecule has 0 unspecified atom stereocenters. The molecule has 136 valence electrons. The molecule has 0 aliphatic carbocycles. The lowest BCUT2D eigenvalue weighted by Gasteiger charge is -2.31. The van der Waals surface area contributed by atoms with E-state index in [-0.39, 0.29) is 36.1 Å². The van der Waals surface area contributed by atoms with Crippen LogP contribution in [0.5, 0.6) is 0 Å². The van der Waals surface area contributed by atoms with Gasteiger partial charge in [0.05, 0.1) is 19.3 Å². The van der Waals surface area contributed by atoms with Crippen molar-refractivity contribution < 1.29 is 9.53 Å². The summed E-state index contributed by atoms with van der Waals surface area (Å²) in [5.74, 6) is 0.433. The van der Waals surface area contributed by atoms with Gasteiger partial charge in [0.1, 0.15) is 0 Å². The Morgan fingerprint density at radius 2 is 2.17 bits per heavy atom. The Morgan fingerprint density at radius 1 is 1.50 bits per heavy atom. The summed E-state index contributed by atoms with van der Waals surface area (Å²) >= 11 is 0. The van der Waals surface area contributed by atoms with Gasteiger partial charge >= 0.3 is 6.09 Å². The number of aromatic nitrogens is 2. The molecule has 1 amide bonds. The molecular weight excluding hydrogens is 423 g/mol. The average Bonchev–Trinajstić information content (AvgIpc) is 2.85. The Kier molecular flexibility index (Phi) is 8.29. The van der Waals surface area contributed by atoms with Crippen LogP contribution in [0.3, 0.4) is 0 Å². The van der Waals surface area contributed by atoms with Gasteiger partial charge in [-0.25, -0.2) is 9.79 Å². The number of aryl methyl sites for hydroxylation is 1. The van der Waals surface area contributed by atoms with Gasteiger partial charge in [-0.2, -0.15) is 5.10 Å². The maximum atomic E-state index is 11.6. The lowest BCUT2D eigenvalue weighted by atomic mass is 10.1. The quantitative estimate of drug-likeness (QED) is 0.410. The third-order valence-corrected chi connectivity index (χ3v) is 4.13. The van der Waals surface area contributed by atoms with Crippen LogP contribution in [0, 0.1) is 6.92 Å². The maximum Gasteiger partial charge on any atom is 0.409 e. The highest BCUT2D eigenvalue weighted by molar-refractivity contribution is 14.0. The zero-order valence-electron chi connectivity index (χ0n) is 14.5. The molecule has 9 heteroatoms. The minimum absolute atomic E-state index is 0. The van der Waals surface area contributed by atoms with Crippen molar-refractivity contribution in [1.82, 2.24) is 20.0 Å². The predicted molar refractivity (Wildman–Crippen MR) is 103 cm³/mol. The van der Waals surface area contributed by atoms with Gasteiger partial charge < -0.3 is 20.7 Å². The number of nitrogens with one attached hydrogen (secondary N) is 1. The highest BCUT2D eigenvalue weighted by atomic mass is 127. The van der Waals surface area contributed by atoms with Gasteiger partial charge in [-0.05, 0) is 26.7 Å². The summed E-state index contributed by atoms with van der Waals surface area (Å²) in [4.78, 5) is 17.7. The topological polar surface area (TPSA) is 97.8 Å². The van der Waals surface area contributed by atoms with E-state index in [9.17, 15) is 4.79 Å². The van der Waals surface area contributed by atoms with Crippen molar-refractivity contribution in [3.63, 3.8) is 0 Å². The van der Waals surface area contributed by atoms with Crippen molar-refractivity contribution in [2.75, 3.05) is 19.7 Å². The van der Waals surface area contributed by atoms with E-state index in [1.807, 2.05) is 31.8 Å². The molecule has 0 atom stereocenters. The zero-order chi connectivity index (χ0) is 16.8. The number of rotatable bonds is 4. The molecule has 1 aliphatic rings. The number of likely N-dealkylation sites (tertiary alicyclic amines) is 1. The van der Waals surface area contributed by atoms with Gasteiger partial charge in [0.25, 0.3) is 0 Å². The van der Waals surface area contributed by atoms with E-state index in [2.05, 4.69) is 15.4 Å². The first-order chi connectivity index (χ1) is 11.0. The normalized spacial score (nSPS) is 15.8. The smallest absolute Gasteiger partial charge is 0.409 e. The van der Waals surface area contributed by atoms with Crippen LogP contribution in [0.1, 0.15) is 31.0 Å². The Balaban J connectivity index is 0.00000288. The molecule has 1 aromatic heterocycles. The lowest BCUT2D eigenvalue weighted by molar-refractivity contribution is 0.0963. The standard InChI is InChI=1S/C15H26N6O2.HI/c1-4-23-15(22)21-7-5-13(6-8-21)19-14(16)17-9-12-10-18-20(3)11(12)2;/h10,13H,4-9H2,1-3H3,(H3,16,17,19);1H. The van der Waals surface area contributed by atoms with E-state index < -0.39 is 0 Å². The largest absolute Gasteiger partial charge is 0.450 e. The Bertz CT molecular complexity index is 566.